The zero-order chi connectivity index (χ0) is 18.6. The van der Waals surface area contributed by atoms with Crippen molar-refractivity contribution in [2.75, 3.05) is 27.2 Å². The largest absolute Gasteiger partial charge is 1.00 e. The fourth-order valence-electron chi connectivity index (χ4n) is 7.22. The Balaban J connectivity index is 0.00000171. The molecule has 1 unspecified atom stereocenters. The number of rotatable bonds is 3. The zero-order valence-electron chi connectivity index (χ0n) is 16.8. The molecule has 0 amide bonds. The summed E-state index contributed by atoms with van der Waals surface area (Å²) in [6, 6.07) is 4.52. The van der Waals surface area contributed by atoms with Gasteiger partial charge in [0.2, 0.25) is 0 Å². The van der Waals surface area contributed by atoms with Crippen molar-refractivity contribution in [2.45, 2.75) is 61.7 Å². The Morgan fingerprint density at radius 1 is 1.32 bits per heavy atom. The molecule has 0 aromatic heterocycles. The highest BCUT2D eigenvalue weighted by Crippen LogP contribution is 2.67. The van der Waals surface area contributed by atoms with Crippen molar-refractivity contribution in [1.82, 2.24) is 0 Å². The Morgan fingerprint density at radius 2 is 2.11 bits per heavy atom. The van der Waals surface area contributed by atoms with E-state index >= 15 is 0 Å². The first-order valence-corrected chi connectivity index (χ1v) is 10.5. The molecule has 1 spiro atoms. The SMILES string of the molecule is C=C1CC[C@@]2(O)[C@H]3Cc4ccc(OC)c5c4[C@@]2(CC[N+]3(C)CC2CC2)[C@H]1O5.[I-]. The second-order valence-electron chi connectivity index (χ2n) is 9.98. The maximum atomic E-state index is 12.4. The molecule has 2 saturated carbocycles. The van der Waals surface area contributed by atoms with Gasteiger partial charge in [-0.3, -0.25) is 0 Å². The Hall–Kier alpha value is -0.790. The molecule has 1 aromatic carbocycles. The summed E-state index contributed by atoms with van der Waals surface area (Å²) in [5, 5.41) is 12.4. The van der Waals surface area contributed by atoms with Crippen LogP contribution in [-0.2, 0) is 11.8 Å². The van der Waals surface area contributed by atoms with Crippen molar-refractivity contribution in [2.24, 2.45) is 5.92 Å². The summed E-state index contributed by atoms with van der Waals surface area (Å²) in [5.41, 5.74) is 2.68. The number of benzene rings is 1. The molecule has 2 heterocycles. The number of likely N-dealkylation sites (N-methyl/N-ethyl adjacent to an activating group) is 1. The van der Waals surface area contributed by atoms with Crippen LogP contribution in [0, 0.1) is 5.92 Å². The van der Waals surface area contributed by atoms with E-state index < -0.39 is 5.60 Å². The number of hydrogen-bond acceptors (Lipinski definition) is 3. The number of methoxy groups -OCH3 is 1. The van der Waals surface area contributed by atoms with Crippen LogP contribution in [0.15, 0.2) is 24.3 Å². The third-order valence-corrected chi connectivity index (χ3v) is 8.63. The molecular weight excluding hydrogens is 465 g/mol. The van der Waals surface area contributed by atoms with E-state index in [9.17, 15) is 5.11 Å². The van der Waals surface area contributed by atoms with E-state index in [0.29, 0.717) is 0 Å². The number of nitrogens with zero attached hydrogens (tertiary/aromatic N) is 1. The van der Waals surface area contributed by atoms with E-state index in [1.165, 1.54) is 30.5 Å². The van der Waals surface area contributed by atoms with Gasteiger partial charge < -0.3 is 43.0 Å². The molecule has 28 heavy (non-hydrogen) atoms. The zero-order valence-corrected chi connectivity index (χ0v) is 19.0. The normalized spacial score (nSPS) is 42.3. The van der Waals surface area contributed by atoms with Crippen molar-refractivity contribution in [3.05, 3.63) is 35.4 Å². The Morgan fingerprint density at radius 3 is 2.82 bits per heavy atom. The average molecular weight is 495 g/mol. The average Bonchev–Trinajstić information content (AvgIpc) is 3.37. The van der Waals surface area contributed by atoms with Crippen LogP contribution in [0.25, 0.3) is 0 Å². The number of quaternary nitrogens is 1. The maximum absolute atomic E-state index is 12.4. The minimum Gasteiger partial charge on any atom is -1.00 e. The third kappa shape index (κ3) is 2.08. The predicted molar refractivity (Wildman–Crippen MR) is 103 cm³/mol. The molecule has 152 valence electrons. The summed E-state index contributed by atoms with van der Waals surface area (Å²) in [6.07, 6.45) is 6.20. The quantitative estimate of drug-likeness (QED) is 0.364. The highest BCUT2D eigenvalue weighted by Gasteiger charge is 2.75. The van der Waals surface area contributed by atoms with Gasteiger partial charge in [-0.05, 0) is 42.9 Å². The molecular formula is C23H30INO3. The van der Waals surface area contributed by atoms with Crippen LogP contribution >= 0.6 is 0 Å². The lowest BCUT2D eigenvalue weighted by molar-refractivity contribution is -0.950. The number of piperidine rings is 1. The second kappa shape index (κ2) is 5.88. The molecule has 5 heteroatoms. The van der Waals surface area contributed by atoms with Crippen molar-refractivity contribution in [3.8, 4) is 11.5 Å². The Labute approximate surface area is 184 Å². The van der Waals surface area contributed by atoms with Crippen molar-refractivity contribution in [1.29, 1.82) is 0 Å². The molecule has 2 bridgehead atoms. The Bertz CT molecular complexity index is 868. The fraction of sp³-hybridized carbons (Fsp3) is 0.652. The van der Waals surface area contributed by atoms with Crippen LogP contribution in [0.1, 0.15) is 43.2 Å². The molecule has 5 atom stereocenters. The highest BCUT2D eigenvalue weighted by molar-refractivity contribution is 5.63. The second-order valence-corrected chi connectivity index (χ2v) is 9.98. The van der Waals surface area contributed by atoms with Crippen LogP contribution in [0.5, 0.6) is 11.5 Å². The van der Waals surface area contributed by atoms with Crippen LogP contribution in [0.3, 0.4) is 0 Å². The highest BCUT2D eigenvalue weighted by atomic mass is 127. The van der Waals surface area contributed by atoms with E-state index in [2.05, 4.69) is 25.8 Å². The molecule has 1 N–H and O–H groups in total. The summed E-state index contributed by atoms with van der Waals surface area (Å²) in [7, 11) is 4.11. The van der Waals surface area contributed by atoms with Crippen LogP contribution in [0.4, 0.5) is 0 Å². The van der Waals surface area contributed by atoms with Gasteiger partial charge in [0.1, 0.15) is 17.7 Å². The lowest BCUT2D eigenvalue weighted by atomic mass is 9.48. The first-order chi connectivity index (χ1) is 12.9. The molecule has 3 aliphatic carbocycles. The van der Waals surface area contributed by atoms with Gasteiger partial charge in [0.05, 0.1) is 32.7 Å². The molecule has 1 aromatic rings. The summed E-state index contributed by atoms with van der Waals surface area (Å²) in [6.45, 7) is 6.70. The third-order valence-electron chi connectivity index (χ3n) is 8.63. The van der Waals surface area contributed by atoms with Crippen LogP contribution in [0.2, 0.25) is 0 Å². The minimum absolute atomic E-state index is 0. The summed E-state index contributed by atoms with van der Waals surface area (Å²) >= 11 is 0. The summed E-state index contributed by atoms with van der Waals surface area (Å²) in [4.78, 5) is 0. The number of halogens is 1. The van der Waals surface area contributed by atoms with Gasteiger partial charge in [-0.25, -0.2) is 0 Å². The molecule has 3 fully saturated rings. The van der Waals surface area contributed by atoms with E-state index in [0.717, 1.165) is 59.7 Å². The monoisotopic (exact) mass is 495 g/mol. The molecule has 6 rings (SSSR count). The van der Waals surface area contributed by atoms with Gasteiger partial charge in [0.25, 0.3) is 0 Å². The molecule has 0 radical (unpaired) electrons. The molecule has 2 aliphatic heterocycles. The topological polar surface area (TPSA) is 38.7 Å². The van der Waals surface area contributed by atoms with Gasteiger partial charge in [0, 0.05) is 24.3 Å². The standard InChI is InChI=1S/C23H30NO3.HI/c1-14-8-9-23(25)18-12-16-6-7-17(26-3)20-19(16)22(23,21(14)27-20)10-11-24(18,2)13-15-4-5-15;/h6-7,15,18,21,25H,1,4-5,8-13H2,2-3H3;1H/q+1;/p-1/t18-,21+,22+,23-,24?;/m1./s1. The lowest BCUT2D eigenvalue weighted by Gasteiger charge is -2.65. The van der Waals surface area contributed by atoms with Gasteiger partial charge in [-0.15, -0.1) is 0 Å². The van der Waals surface area contributed by atoms with Gasteiger partial charge in [0.15, 0.2) is 11.5 Å². The Kier molecular flexibility index (Phi) is 4.03. The van der Waals surface area contributed by atoms with Gasteiger partial charge in [-0.1, -0.05) is 12.6 Å². The van der Waals surface area contributed by atoms with E-state index in [-0.39, 0.29) is 41.5 Å². The number of aliphatic hydroxyl groups is 1. The number of hydrogen-bond donors (Lipinski definition) is 1. The van der Waals surface area contributed by atoms with Crippen molar-refractivity contribution < 1.29 is 43.0 Å². The van der Waals surface area contributed by atoms with Crippen molar-refractivity contribution in [3.63, 3.8) is 0 Å². The molecule has 1 saturated heterocycles. The molecule has 4 nitrogen and oxygen atoms in total. The van der Waals surface area contributed by atoms with Gasteiger partial charge in [-0.2, -0.15) is 0 Å². The maximum Gasteiger partial charge on any atom is 0.166 e. The van der Waals surface area contributed by atoms with Gasteiger partial charge >= 0.3 is 0 Å². The fourth-order valence-corrected chi connectivity index (χ4v) is 7.22. The van der Waals surface area contributed by atoms with E-state index in [4.69, 9.17) is 9.47 Å². The number of likely N-dealkylation sites (tertiary alicyclic amines) is 1. The van der Waals surface area contributed by atoms with Crippen LogP contribution < -0.4 is 33.5 Å². The van der Waals surface area contributed by atoms with E-state index in [1.54, 1.807) is 7.11 Å². The minimum atomic E-state index is -0.717. The van der Waals surface area contributed by atoms with Crippen molar-refractivity contribution >= 4 is 0 Å². The lowest BCUT2D eigenvalue weighted by Crippen LogP contribution is -3.00. The van der Waals surface area contributed by atoms with E-state index in [1.807, 2.05) is 0 Å². The predicted octanol–water partition coefficient (Wildman–Crippen LogP) is -0.0359. The molecule has 5 aliphatic rings. The first kappa shape index (κ1) is 19.2. The first-order valence-electron chi connectivity index (χ1n) is 10.5. The smallest absolute Gasteiger partial charge is 0.166 e. The summed E-state index contributed by atoms with van der Waals surface area (Å²) in [5.74, 6) is 2.53. The number of ether oxygens (including phenoxy) is 2. The summed E-state index contributed by atoms with van der Waals surface area (Å²) < 4.78 is 13.2. The van der Waals surface area contributed by atoms with Crippen LogP contribution in [-0.4, -0.2) is 54.6 Å².